The minimum atomic E-state index is 0.203. The van der Waals surface area contributed by atoms with Gasteiger partial charge in [-0.3, -0.25) is 0 Å². The molecule has 0 aliphatic rings. The molecule has 102 valence electrons. The van der Waals surface area contributed by atoms with E-state index in [-0.39, 0.29) is 11.9 Å². The molecule has 4 N–H and O–H groups in total. The van der Waals surface area contributed by atoms with Gasteiger partial charge < -0.3 is 11.5 Å². The van der Waals surface area contributed by atoms with Crippen molar-refractivity contribution in [3.63, 3.8) is 0 Å². The zero-order valence-electron chi connectivity index (χ0n) is 10.5. The number of nitrogens with zero attached hydrogens (tertiary/aromatic N) is 3. The summed E-state index contributed by atoms with van der Waals surface area (Å²) in [6.45, 7) is 0. The molecule has 18 heavy (non-hydrogen) atoms. The van der Waals surface area contributed by atoms with Crippen molar-refractivity contribution in [3.05, 3.63) is 5.82 Å². The van der Waals surface area contributed by atoms with Crippen LogP contribution in [0.25, 0.3) is 0 Å². The first kappa shape index (κ1) is 15.4. The molecule has 0 fully saturated rings. The third kappa shape index (κ3) is 6.90. The van der Waals surface area contributed by atoms with Crippen LogP contribution in [0.4, 0.5) is 11.9 Å². The van der Waals surface area contributed by atoms with Crippen LogP contribution < -0.4 is 11.5 Å². The van der Waals surface area contributed by atoms with Crippen LogP contribution in [-0.4, -0.2) is 32.2 Å². The third-order valence-electron chi connectivity index (χ3n) is 2.38. The number of thioether (sulfide) groups is 1. The van der Waals surface area contributed by atoms with Gasteiger partial charge in [0, 0.05) is 12.2 Å². The lowest BCUT2D eigenvalue weighted by molar-refractivity contribution is 0.712. The van der Waals surface area contributed by atoms with Gasteiger partial charge in [0.25, 0.3) is 0 Å². The second-order valence-corrected chi connectivity index (χ2v) is 5.64. The molecule has 0 aliphatic heterocycles. The van der Waals surface area contributed by atoms with Gasteiger partial charge in [-0.1, -0.05) is 12.8 Å². The van der Waals surface area contributed by atoms with Gasteiger partial charge in [0.2, 0.25) is 11.9 Å². The number of rotatable bonds is 9. The third-order valence-corrected chi connectivity index (χ3v) is 3.77. The van der Waals surface area contributed by atoms with Crippen LogP contribution in [-0.2, 0) is 6.42 Å². The Bertz CT molecular complexity index is 328. The molecule has 0 saturated carbocycles. The number of unbranched alkanes of at least 4 members (excludes halogenated alkanes) is 3. The number of hydrogen-bond donors (Lipinski definition) is 3. The lowest BCUT2D eigenvalue weighted by Crippen LogP contribution is -2.07. The number of hydrogen-bond acceptors (Lipinski definition) is 7. The predicted molar refractivity (Wildman–Crippen MR) is 82.0 cm³/mol. The summed E-state index contributed by atoms with van der Waals surface area (Å²) in [7, 11) is 0. The molecule has 0 aliphatic carbocycles. The number of aryl methyl sites for hydroxylation is 1. The Balaban J connectivity index is 2.07. The van der Waals surface area contributed by atoms with Crippen LogP contribution in [0.3, 0.4) is 0 Å². The monoisotopic (exact) mass is 287 g/mol. The van der Waals surface area contributed by atoms with Crippen LogP contribution >= 0.6 is 24.4 Å². The van der Waals surface area contributed by atoms with E-state index in [0.29, 0.717) is 5.82 Å². The number of nitrogen functional groups attached to an aromatic ring is 2. The zero-order chi connectivity index (χ0) is 13.2. The molecule has 7 heteroatoms. The van der Waals surface area contributed by atoms with Crippen molar-refractivity contribution in [3.8, 4) is 0 Å². The quantitative estimate of drug-likeness (QED) is 0.474. The summed E-state index contributed by atoms with van der Waals surface area (Å²) in [6.07, 6.45) is 5.85. The first-order chi connectivity index (χ1) is 8.72. The second-order valence-electron chi connectivity index (χ2n) is 3.97. The summed E-state index contributed by atoms with van der Waals surface area (Å²) in [5, 5.41) is 0. The highest BCUT2D eigenvalue weighted by atomic mass is 32.2. The average Bonchev–Trinajstić information content (AvgIpc) is 2.31. The molecule has 0 bridgehead atoms. The minimum absolute atomic E-state index is 0.203. The fourth-order valence-electron chi connectivity index (χ4n) is 1.50. The molecule has 5 nitrogen and oxygen atoms in total. The van der Waals surface area contributed by atoms with Gasteiger partial charge in [0.05, 0.1) is 0 Å². The first-order valence-electron chi connectivity index (χ1n) is 6.17. The number of nitrogens with two attached hydrogens (primary N) is 2. The highest BCUT2D eigenvalue weighted by Gasteiger charge is 2.01. The van der Waals surface area contributed by atoms with Crippen molar-refractivity contribution in [1.82, 2.24) is 15.0 Å². The molecule has 0 spiro atoms. The number of thiol groups is 1. The summed E-state index contributed by atoms with van der Waals surface area (Å²) in [6, 6.07) is 0. The first-order valence-corrected chi connectivity index (χ1v) is 7.95. The van der Waals surface area contributed by atoms with E-state index < -0.39 is 0 Å². The second kappa shape index (κ2) is 9.27. The minimum Gasteiger partial charge on any atom is -0.368 e. The SMILES string of the molecule is Nc1nc(N)nc(CCSCCCCCCS)n1. The Hall–Kier alpha value is -0.690. The molecule has 0 amide bonds. The molecule has 0 saturated heterocycles. The fourth-order valence-corrected chi connectivity index (χ4v) is 2.67. The molecule has 1 aromatic rings. The highest BCUT2D eigenvalue weighted by molar-refractivity contribution is 7.99. The molecular formula is C11H21N5S2. The van der Waals surface area contributed by atoms with Gasteiger partial charge in [-0.25, -0.2) is 0 Å². The van der Waals surface area contributed by atoms with Crippen molar-refractivity contribution in [2.75, 3.05) is 28.7 Å². The maximum atomic E-state index is 5.50. The standard InChI is InChI=1S/C11H21N5S2/c12-10-14-9(15-11(13)16-10)5-8-18-7-4-2-1-3-6-17/h17H,1-8H2,(H4,12,13,14,15,16). The summed E-state index contributed by atoms with van der Waals surface area (Å²) < 4.78 is 0. The van der Waals surface area contributed by atoms with Crippen LogP contribution in [0.2, 0.25) is 0 Å². The summed E-state index contributed by atoms with van der Waals surface area (Å²) >= 11 is 6.11. The molecular weight excluding hydrogens is 266 g/mol. The Morgan fingerprint density at radius 1 is 0.889 bits per heavy atom. The van der Waals surface area contributed by atoms with E-state index in [1.54, 1.807) is 0 Å². The Labute approximate surface area is 118 Å². The van der Waals surface area contributed by atoms with Crippen molar-refractivity contribution >= 4 is 36.3 Å². The summed E-state index contributed by atoms with van der Waals surface area (Å²) in [5.41, 5.74) is 11.0. The van der Waals surface area contributed by atoms with Crippen molar-refractivity contribution in [2.24, 2.45) is 0 Å². The van der Waals surface area contributed by atoms with E-state index in [9.17, 15) is 0 Å². The Morgan fingerprint density at radius 3 is 2.22 bits per heavy atom. The Morgan fingerprint density at radius 2 is 1.56 bits per heavy atom. The Kier molecular flexibility index (Phi) is 7.91. The van der Waals surface area contributed by atoms with Gasteiger partial charge >= 0.3 is 0 Å². The van der Waals surface area contributed by atoms with Gasteiger partial charge in [-0.2, -0.15) is 39.3 Å². The molecule has 0 radical (unpaired) electrons. The van der Waals surface area contributed by atoms with Gasteiger partial charge in [0.1, 0.15) is 5.82 Å². The number of anilines is 2. The van der Waals surface area contributed by atoms with E-state index in [0.717, 1.165) is 17.9 Å². The van der Waals surface area contributed by atoms with Gasteiger partial charge in [-0.05, 0) is 24.3 Å². The van der Waals surface area contributed by atoms with Gasteiger partial charge in [-0.15, -0.1) is 0 Å². The van der Waals surface area contributed by atoms with E-state index in [4.69, 9.17) is 11.5 Å². The summed E-state index contributed by atoms with van der Waals surface area (Å²) in [4.78, 5) is 11.8. The lowest BCUT2D eigenvalue weighted by Gasteiger charge is -2.03. The van der Waals surface area contributed by atoms with Crippen LogP contribution in [0.5, 0.6) is 0 Å². The van der Waals surface area contributed by atoms with E-state index in [2.05, 4.69) is 27.6 Å². The smallest absolute Gasteiger partial charge is 0.225 e. The topological polar surface area (TPSA) is 90.7 Å². The molecule has 0 atom stereocenters. The molecule has 1 heterocycles. The maximum Gasteiger partial charge on any atom is 0.225 e. The number of aromatic nitrogens is 3. The van der Waals surface area contributed by atoms with E-state index in [1.165, 1.54) is 31.4 Å². The molecule has 0 unspecified atom stereocenters. The van der Waals surface area contributed by atoms with Crippen LogP contribution in [0.15, 0.2) is 0 Å². The highest BCUT2D eigenvalue weighted by Crippen LogP contribution is 2.10. The van der Waals surface area contributed by atoms with Crippen LogP contribution in [0, 0.1) is 0 Å². The molecule has 0 aromatic carbocycles. The maximum absolute atomic E-state index is 5.50. The fraction of sp³-hybridized carbons (Fsp3) is 0.727. The van der Waals surface area contributed by atoms with Crippen LogP contribution in [0.1, 0.15) is 31.5 Å². The zero-order valence-corrected chi connectivity index (χ0v) is 12.2. The summed E-state index contributed by atoms with van der Waals surface area (Å²) in [5.74, 6) is 4.26. The van der Waals surface area contributed by atoms with E-state index >= 15 is 0 Å². The predicted octanol–water partition coefficient (Wildman–Crippen LogP) is 1.80. The van der Waals surface area contributed by atoms with Crippen molar-refractivity contribution in [1.29, 1.82) is 0 Å². The van der Waals surface area contributed by atoms with E-state index in [1.807, 2.05) is 11.8 Å². The normalized spacial score (nSPS) is 10.7. The average molecular weight is 287 g/mol. The van der Waals surface area contributed by atoms with Gasteiger partial charge in [0.15, 0.2) is 0 Å². The molecule has 1 aromatic heterocycles. The lowest BCUT2D eigenvalue weighted by atomic mass is 10.2. The van der Waals surface area contributed by atoms with Crippen molar-refractivity contribution in [2.45, 2.75) is 32.1 Å². The largest absolute Gasteiger partial charge is 0.368 e. The van der Waals surface area contributed by atoms with Crippen molar-refractivity contribution < 1.29 is 0 Å². The molecule has 1 rings (SSSR count).